The molecule has 0 saturated carbocycles. The highest BCUT2D eigenvalue weighted by Crippen LogP contribution is 2.15. The van der Waals surface area contributed by atoms with Gasteiger partial charge in [0.25, 0.3) is 0 Å². The average Bonchev–Trinajstić information content (AvgIpc) is 2.33. The van der Waals surface area contributed by atoms with Crippen LogP contribution in [0.5, 0.6) is 0 Å². The standard InChI is InChI=1S/C6H3NO2S/c8-6-7-4-1-2-10-5(4)3-9-6/h1-3H. The van der Waals surface area contributed by atoms with Gasteiger partial charge in [-0.3, -0.25) is 0 Å². The molecule has 2 aromatic heterocycles. The Balaban J connectivity index is 2.99. The number of aromatic nitrogens is 1. The Morgan fingerprint density at radius 1 is 1.60 bits per heavy atom. The second-order valence-corrected chi connectivity index (χ2v) is 2.73. The molecule has 50 valence electrons. The SMILES string of the molecule is O=c1nc2ccsc2co1. The zero-order valence-electron chi connectivity index (χ0n) is 4.90. The smallest absolute Gasteiger partial charge is 0.415 e. The van der Waals surface area contributed by atoms with Crippen molar-refractivity contribution in [3.05, 3.63) is 28.3 Å². The molecule has 2 rings (SSSR count). The molecule has 0 atom stereocenters. The van der Waals surface area contributed by atoms with Gasteiger partial charge in [-0.2, -0.15) is 4.98 Å². The third-order valence-corrected chi connectivity index (χ3v) is 1.98. The predicted molar refractivity (Wildman–Crippen MR) is 38.2 cm³/mol. The van der Waals surface area contributed by atoms with E-state index in [1.54, 1.807) is 6.07 Å². The van der Waals surface area contributed by atoms with E-state index in [0.717, 1.165) is 4.70 Å². The summed E-state index contributed by atoms with van der Waals surface area (Å²) >= 11 is 1.50. The molecular formula is C6H3NO2S. The molecule has 0 amide bonds. The summed E-state index contributed by atoms with van der Waals surface area (Å²) in [7, 11) is 0. The van der Waals surface area contributed by atoms with Gasteiger partial charge in [0.2, 0.25) is 0 Å². The van der Waals surface area contributed by atoms with Gasteiger partial charge in [0.15, 0.2) is 0 Å². The van der Waals surface area contributed by atoms with Crippen molar-refractivity contribution in [3.8, 4) is 0 Å². The summed E-state index contributed by atoms with van der Waals surface area (Å²) in [5, 5.41) is 1.87. The first kappa shape index (κ1) is 5.61. The van der Waals surface area contributed by atoms with E-state index in [9.17, 15) is 4.79 Å². The number of hydrogen-bond acceptors (Lipinski definition) is 4. The fourth-order valence-electron chi connectivity index (χ4n) is 0.723. The molecule has 0 aliphatic rings. The van der Waals surface area contributed by atoms with Gasteiger partial charge in [-0.25, -0.2) is 4.79 Å². The van der Waals surface area contributed by atoms with Crippen molar-refractivity contribution in [2.45, 2.75) is 0 Å². The topological polar surface area (TPSA) is 43.1 Å². The number of thiophene rings is 1. The minimum absolute atomic E-state index is 0.536. The zero-order chi connectivity index (χ0) is 6.97. The highest BCUT2D eigenvalue weighted by Gasteiger charge is 1.95. The Kier molecular flexibility index (Phi) is 1.07. The molecular weight excluding hydrogens is 150 g/mol. The highest BCUT2D eigenvalue weighted by molar-refractivity contribution is 7.17. The van der Waals surface area contributed by atoms with Crippen molar-refractivity contribution >= 4 is 21.6 Å². The molecule has 3 nitrogen and oxygen atoms in total. The van der Waals surface area contributed by atoms with E-state index in [1.807, 2.05) is 5.38 Å². The lowest BCUT2D eigenvalue weighted by Gasteiger charge is -1.81. The number of fused-ring (bicyclic) bond motifs is 1. The van der Waals surface area contributed by atoms with E-state index < -0.39 is 5.76 Å². The Labute approximate surface area is 59.9 Å². The van der Waals surface area contributed by atoms with Crippen molar-refractivity contribution in [3.63, 3.8) is 0 Å². The fraction of sp³-hybridized carbons (Fsp3) is 0. The van der Waals surface area contributed by atoms with Gasteiger partial charge in [-0.1, -0.05) is 0 Å². The summed E-state index contributed by atoms with van der Waals surface area (Å²) in [6.07, 6.45) is 1.43. The van der Waals surface area contributed by atoms with Crippen LogP contribution in [0.3, 0.4) is 0 Å². The molecule has 0 spiro atoms. The first-order chi connectivity index (χ1) is 4.86. The first-order valence-electron chi connectivity index (χ1n) is 2.69. The monoisotopic (exact) mass is 153 g/mol. The normalized spacial score (nSPS) is 10.4. The minimum atomic E-state index is -0.536. The largest absolute Gasteiger partial charge is 0.439 e. The molecule has 0 aliphatic carbocycles. The molecule has 0 N–H and O–H groups in total. The molecule has 0 fully saturated rings. The Morgan fingerprint density at radius 3 is 3.40 bits per heavy atom. The van der Waals surface area contributed by atoms with E-state index in [1.165, 1.54) is 17.6 Å². The Hall–Kier alpha value is -1.16. The van der Waals surface area contributed by atoms with Crippen LogP contribution in [0.25, 0.3) is 10.2 Å². The maximum atomic E-state index is 10.5. The summed E-state index contributed by atoms with van der Waals surface area (Å²) in [5.74, 6) is -0.536. The Bertz CT molecular complexity index is 403. The molecule has 0 radical (unpaired) electrons. The lowest BCUT2D eigenvalue weighted by Crippen LogP contribution is -2.00. The first-order valence-corrected chi connectivity index (χ1v) is 3.57. The molecule has 10 heavy (non-hydrogen) atoms. The van der Waals surface area contributed by atoms with Gasteiger partial charge in [0, 0.05) is 0 Å². The quantitative estimate of drug-likeness (QED) is 0.572. The van der Waals surface area contributed by atoms with Crippen LogP contribution < -0.4 is 5.76 Å². The van der Waals surface area contributed by atoms with Crippen molar-refractivity contribution < 1.29 is 4.42 Å². The predicted octanol–water partition coefficient (Wildman–Crippen LogP) is 1.25. The zero-order valence-corrected chi connectivity index (χ0v) is 5.72. The van der Waals surface area contributed by atoms with Crippen molar-refractivity contribution in [2.24, 2.45) is 0 Å². The second-order valence-electron chi connectivity index (χ2n) is 1.78. The lowest BCUT2D eigenvalue weighted by molar-refractivity contribution is 0.494. The van der Waals surface area contributed by atoms with Gasteiger partial charge in [-0.15, -0.1) is 11.3 Å². The van der Waals surface area contributed by atoms with Crippen molar-refractivity contribution in [1.29, 1.82) is 0 Å². The van der Waals surface area contributed by atoms with E-state index in [-0.39, 0.29) is 0 Å². The maximum Gasteiger partial charge on any atom is 0.439 e. The van der Waals surface area contributed by atoms with Crippen LogP contribution in [0.2, 0.25) is 0 Å². The van der Waals surface area contributed by atoms with Crippen LogP contribution in [-0.4, -0.2) is 4.98 Å². The maximum absolute atomic E-state index is 10.5. The molecule has 2 heterocycles. The van der Waals surface area contributed by atoms with Crippen molar-refractivity contribution in [2.75, 3.05) is 0 Å². The number of hydrogen-bond donors (Lipinski definition) is 0. The highest BCUT2D eigenvalue weighted by atomic mass is 32.1. The van der Waals surface area contributed by atoms with E-state index in [0.29, 0.717) is 5.52 Å². The molecule has 2 aromatic rings. The summed E-state index contributed by atoms with van der Waals surface area (Å²) in [4.78, 5) is 14.1. The molecule has 4 heteroatoms. The molecule has 0 unspecified atom stereocenters. The van der Waals surface area contributed by atoms with Gasteiger partial charge in [-0.05, 0) is 11.4 Å². The van der Waals surface area contributed by atoms with Crippen LogP contribution in [0.4, 0.5) is 0 Å². The van der Waals surface area contributed by atoms with Crippen LogP contribution in [0.1, 0.15) is 0 Å². The van der Waals surface area contributed by atoms with Gasteiger partial charge in [0.1, 0.15) is 6.26 Å². The summed E-state index contributed by atoms with van der Waals surface area (Å²) in [5.41, 5.74) is 0.709. The van der Waals surface area contributed by atoms with E-state index in [4.69, 9.17) is 0 Å². The van der Waals surface area contributed by atoms with Gasteiger partial charge in [0.05, 0.1) is 10.2 Å². The summed E-state index contributed by atoms with van der Waals surface area (Å²) in [6, 6.07) is 1.79. The number of rotatable bonds is 0. The third kappa shape index (κ3) is 0.733. The number of nitrogens with zero attached hydrogens (tertiary/aromatic N) is 1. The summed E-state index contributed by atoms with van der Waals surface area (Å²) < 4.78 is 5.44. The van der Waals surface area contributed by atoms with Gasteiger partial charge >= 0.3 is 5.76 Å². The molecule has 0 aromatic carbocycles. The van der Waals surface area contributed by atoms with Crippen LogP contribution >= 0.6 is 11.3 Å². The molecule has 0 bridgehead atoms. The summed E-state index contributed by atoms with van der Waals surface area (Å²) in [6.45, 7) is 0. The lowest BCUT2D eigenvalue weighted by atomic mass is 10.5. The van der Waals surface area contributed by atoms with Crippen LogP contribution in [-0.2, 0) is 0 Å². The van der Waals surface area contributed by atoms with E-state index >= 15 is 0 Å². The second kappa shape index (κ2) is 1.91. The van der Waals surface area contributed by atoms with Crippen LogP contribution in [0.15, 0.2) is 26.9 Å². The average molecular weight is 153 g/mol. The fourth-order valence-corrected chi connectivity index (χ4v) is 1.41. The molecule has 0 aliphatic heterocycles. The molecule has 0 saturated heterocycles. The minimum Gasteiger partial charge on any atom is -0.415 e. The van der Waals surface area contributed by atoms with Gasteiger partial charge < -0.3 is 4.42 Å². The van der Waals surface area contributed by atoms with Crippen molar-refractivity contribution in [1.82, 2.24) is 4.98 Å². The Morgan fingerprint density at radius 2 is 2.50 bits per heavy atom. The van der Waals surface area contributed by atoms with Crippen LogP contribution in [0, 0.1) is 0 Å². The van der Waals surface area contributed by atoms with E-state index in [2.05, 4.69) is 9.40 Å². The third-order valence-electron chi connectivity index (χ3n) is 1.15.